The molecule has 0 aliphatic rings. The molecule has 2 nitrogen and oxygen atoms in total. The summed E-state index contributed by atoms with van der Waals surface area (Å²) in [4.78, 5) is 14.7. The predicted molar refractivity (Wildman–Crippen MR) is 99.9 cm³/mol. The van der Waals surface area contributed by atoms with Gasteiger partial charge in [-0.05, 0) is 42.0 Å². The van der Waals surface area contributed by atoms with Crippen molar-refractivity contribution in [1.82, 2.24) is 0 Å². The largest absolute Gasteiger partial charge is 0.496 e. The first-order valence-electron chi connectivity index (χ1n) is 7.74. The van der Waals surface area contributed by atoms with Crippen molar-refractivity contribution in [3.05, 3.63) is 93.7 Å². The summed E-state index contributed by atoms with van der Waals surface area (Å²) in [6.45, 7) is 0. The van der Waals surface area contributed by atoms with Crippen molar-refractivity contribution < 1.29 is 9.53 Å². The van der Waals surface area contributed by atoms with Gasteiger partial charge in [0.2, 0.25) is 0 Å². The Bertz CT molecular complexity index is 847. The van der Waals surface area contributed by atoms with Crippen LogP contribution in [0.3, 0.4) is 0 Å². The third-order valence-corrected chi connectivity index (χ3v) is 4.73. The number of methoxy groups -OCH3 is 1. The molecule has 0 fully saturated rings. The van der Waals surface area contributed by atoms with Crippen molar-refractivity contribution >= 4 is 23.2 Å². The number of hydrogen-bond donors (Lipinski definition) is 0. The molecule has 0 spiro atoms. The van der Waals surface area contributed by atoms with Gasteiger partial charge in [0.05, 0.1) is 12.7 Å². The van der Waals surface area contributed by atoms with E-state index in [0.29, 0.717) is 11.3 Å². The molecule has 0 saturated carbocycles. The fourth-order valence-electron chi connectivity index (χ4n) is 2.47. The number of ketones is 1. The van der Waals surface area contributed by atoms with Crippen LogP contribution in [0, 0.1) is 0 Å². The zero-order chi connectivity index (χ0) is 16.8. The molecule has 0 aliphatic heterocycles. The molecule has 0 bridgehead atoms. The van der Waals surface area contributed by atoms with Crippen LogP contribution in [-0.4, -0.2) is 12.9 Å². The third-order valence-electron chi connectivity index (χ3n) is 3.68. The lowest BCUT2D eigenvalue weighted by atomic mass is 10.1. The second-order valence-electron chi connectivity index (χ2n) is 5.36. The Kier molecular flexibility index (Phi) is 5.24. The Hall–Kier alpha value is -2.65. The van der Waals surface area contributed by atoms with E-state index in [0.717, 1.165) is 11.3 Å². The zero-order valence-corrected chi connectivity index (χ0v) is 14.3. The molecule has 120 valence electrons. The molecule has 0 unspecified atom stereocenters. The predicted octanol–water partition coefficient (Wildman–Crippen LogP) is 5.24. The lowest BCUT2D eigenvalue weighted by molar-refractivity contribution is 0.104. The number of benzene rings is 2. The van der Waals surface area contributed by atoms with E-state index in [-0.39, 0.29) is 5.78 Å². The van der Waals surface area contributed by atoms with Crippen LogP contribution in [0.4, 0.5) is 0 Å². The molecule has 1 aromatic heterocycles. The minimum Gasteiger partial charge on any atom is -0.496 e. The second-order valence-corrected chi connectivity index (χ2v) is 6.56. The van der Waals surface area contributed by atoms with Crippen molar-refractivity contribution in [2.45, 2.75) is 6.42 Å². The fourth-order valence-corrected chi connectivity index (χ4v) is 3.42. The van der Waals surface area contributed by atoms with Gasteiger partial charge < -0.3 is 4.74 Å². The van der Waals surface area contributed by atoms with Gasteiger partial charge in [-0.2, -0.15) is 0 Å². The van der Waals surface area contributed by atoms with E-state index >= 15 is 0 Å². The van der Waals surface area contributed by atoms with Gasteiger partial charge in [-0.25, -0.2) is 0 Å². The van der Waals surface area contributed by atoms with E-state index in [2.05, 4.69) is 36.4 Å². The number of allylic oxidation sites excluding steroid dienone is 1. The van der Waals surface area contributed by atoms with E-state index in [9.17, 15) is 4.79 Å². The van der Waals surface area contributed by atoms with Gasteiger partial charge >= 0.3 is 0 Å². The summed E-state index contributed by atoms with van der Waals surface area (Å²) in [5.74, 6) is 0.550. The highest BCUT2D eigenvalue weighted by Gasteiger charge is 2.08. The standard InChI is InChI=1S/C21H18O2S/c1-23-21-10-6-5-9-19(21)20(22)14-13-17-11-12-18(24-17)15-16-7-3-2-4-8-16/h2-14H,15H2,1H3/b14-13+. The Labute approximate surface area is 146 Å². The second kappa shape index (κ2) is 7.75. The first kappa shape index (κ1) is 16.2. The van der Waals surface area contributed by atoms with Crippen LogP contribution < -0.4 is 4.74 Å². The summed E-state index contributed by atoms with van der Waals surface area (Å²) < 4.78 is 5.24. The number of carbonyl (C=O) groups excluding carboxylic acids is 1. The van der Waals surface area contributed by atoms with Gasteiger partial charge in [-0.3, -0.25) is 4.79 Å². The van der Waals surface area contributed by atoms with E-state index in [1.807, 2.05) is 24.3 Å². The van der Waals surface area contributed by atoms with Crippen LogP contribution in [0.5, 0.6) is 5.75 Å². The molecule has 0 amide bonds. The third kappa shape index (κ3) is 4.00. The van der Waals surface area contributed by atoms with Crippen LogP contribution in [0.1, 0.15) is 25.7 Å². The summed E-state index contributed by atoms with van der Waals surface area (Å²) in [5, 5.41) is 0. The van der Waals surface area contributed by atoms with Crippen molar-refractivity contribution in [2.24, 2.45) is 0 Å². The highest BCUT2D eigenvalue weighted by molar-refractivity contribution is 7.12. The van der Waals surface area contributed by atoms with Crippen molar-refractivity contribution in [2.75, 3.05) is 7.11 Å². The van der Waals surface area contributed by atoms with E-state index < -0.39 is 0 Å². The number of ether oxygens (including phenoxy) is 1. The maximum absolute atomic E-state index is 12.3. The van der Waals surface area contributed by atoms with Crippen LogP contribution in [-0.2, 0) is 6.42 Å². The van der Waals surface area contributed by atoms with Crippen molar-refractivity contribution in [1.29, 1.82) is 0 Å². The molecule has 0 aliphatic carbocycles. The summed E-state index contributed by atoms with van der Waals surface area (Å²) in [7, 11) is 1.57. The average molecular weight is 334 g/mol. The fraction of sp³-hybridized carbons (Fsp3) is 0.0952. The van der Waals surface area contributed by atoms with Gasteiger partial charge in [0.15, 0.2) is 5.78 Å². The Balaban J connectivity index is 1.70. The topological polar surface area (TPSA) is 26.3 Å². The lowest BCUT2D eigenvalue weighted by Crippen LogP contribution is -1.98. The molecule has 0 atom stereocenters. The number of hydrogen-bond acceptors (Lipinski definition) is 3. The number of carbonyl (C=O) groups is 1. The molecule has 0 N–H and O–H groups in total. The first-order valence-corrected chi connectivity index (χ1v) is 8.56. The Morgan fingerprint density at radius 2 is 1.75 bits per heavy atom. The van der Waals surface area contributed by atoms with Gasteiger partial charge in [-0.1, -0.05) is 42.5 Å². The summed E-state index contributed by atoms with van der Waals surface area (Å²) >= 11 is 1.70. The highest BCUT2D eigenvalue weighted by atomic mass is 32.1. The quantitative estimate of drug-likeness (QED) is 0.455. The minimum absolute atomic E-state index is 0.0505. The van der Waals surface area contributed by atoms with Crippen molar-refractivity contribution in [3.63, 3.8) is 0 Å². The smallest absolute Gasteiger partial charge is 0.189 e. The van der Waals surface area contributed by atoms with Crippen LogP contribution in [0.25, 0.3) is 6.08 Å². The molecule has 2 aromatic carbocycles. The Morgan fingerprint density at radius 3 is 2.54 bits per heavy atom. The zero-order valence-electron chi connectivity index (χ0n) is 13.4. The summed E-state index contributed by atoms with van der Waals surface area (Å²) in [6.07, 6.45) is 4.39. The molecule has 24 heavy (non-hydrogen) atoms. The highest BCUT2D eigenvalue weighted by Crippen LogP contribution is 2.22. The summed E-state index contributed by atoms with van der Waals surface area (Å²) in [6, 6.07) is 21.8. The van der Waals surface area contributed by atoms with Gasteiger partial charge in [0.25, 0.3) is 0 Å². The normalized spacial score (nSPS) is 10.9. The maximum atomic E-state index is 12.3. The molecule has 3 aromatic rings. The molecule has 3 heteroatoms. The molecule has 3 rings (SSSR count). The van der Waals surface area contributed by atoms with E-state index in [1.165, 1.54) is 10.4 Å². The Morgan fingerprint density at radius 1 is 1.00 bits per heavy atom. The molecule has 0 saturated heterocycles. The first-order chi connectivity index (χ1) is 11.8. The average Bonchev–Trinajstić information content (AvgIpc) is 3.08. The molecule has 1 heterocycles. The number of thiophene rings is 1. The monoisotopic (exact) mass is 334 g/mol. The maximum Gasteiger partial charge on any atom is 0.189 e. The number of rotatable bonds is 6. The van der Waals surface area contributed by atoms with Crippen LogP contribution in [0.2, 0.25) is 0 Å². The number of para-hydroxylation sites is 1. The van der Waals surface area contributed by atoms with Gasteiger partial charge in [-0.15, -0.1) is 11.3 Å². The molecular weight excluding hydrogens is 316 g/mol. The van der Waals surface area contributed by atoms with Crippen molar-refractivity contribution in [3.8, 4) is 5.75 Å². The molecule has 0 radical (unpaired) electrons. The summed E-state index contributed by atoms with van der Waals surface area (Å²) in [5.41, 5.74) is 1.87. The lowest BCUT2D eigenvalue weighted by Gasteiger charge is -2.04. The minimum atomic E-state index is -0.0505. The van der Waals surface area contributed by atoms with Crippen LogP contribution >= 0.6 is 11.3 Å². The van der Waals surface area contributed by atoms with Crippen LogP contribution in [0.15, 0.2) is 72.8 Å². The van der Waals surface area contributed by atoms with E-state index in [4.69, 9.17) is 4.74 Å². The van der Waals surface area contributed by atoms with Gasteiger partial charge in [0, 0.05) is 16.2 Å². The molecular formula is C21H18O2S. The van der Waals surface area contributed by atoms with E-state index in [1.54, 1.807) is 36.7 Å². The SMILES string of the molecule is COc1ccccc1C(=O)/C=C/c1ccc(Cc2ccccc2)s1. The van der Waals surface area contributed by atoms with Gasteiger partial charge in [0.1, 0.15) is 5.75 Å².